The molecule has 1 fully saturated rings. The zero-order valence-electron chi connectivity index (χ0n) is 5.31. The van der Waals surface area contributed by atoms with E-state index in [-0.39, 0.29) is 5.48 Å². The molecule has 1 aliphatic heterocycles. The van der Waals surface area contributed by atoms with Crippen LogP contribution in [0.4, 0.5) is 0 Å². The standard InChI is InChI=1S/C6H12O.H2O/c1-2-6-3-4-7-5-6;/h6H,2-5H2,1H3;1H2. The van der Waals surface area contributed by atoms with Gasteiger partial charge in [0.05, 0.1) is 0 Å². The summed E-state index contributed by atoms with van der Waals surface area (Å²) >= 11 is 0. The summed E-state index contributed by atoms with van der Waals surface area (Å²) in [5.74, 6) is 0.875. The minimum absolute atomic E-state index is 0. The van der Waals surface area contributed by atoms with Gasteiger partial charge in [-0.2, -0.15) is 0 Å². The molecule has 0 amide bonds. The lowest BCUT2D eigenvalue weighted by atomic mass is 10.1. The van der Waals surface area contributed by atoms with Crippen molar-refractivity contribution >= 4 is 0 Å². The molecule has 1 aliphatic rings. The third-order valence-corrected chi connectivity index (χ3v) is 1.60. The molecule has 0 aliphatic carbocycles. The second kappa shape index (κ2) is 3.87. The van der Waals surface area contributed by atoms with Crippen LogP contribution in [-0.2, 0) is 4.74 Å². The highest BCUT2D eigenvalue weighted by atomic mass is 16.5. The molecule has 0 aromatic heterocycles. The maximum atomic E-state index is 5.15. The third-order valence-electron chi connectivity index (χ3n) is 1.60. The van der Waals surface area contributed by atoms with Crippen molar-refractivity contribution in [3.05, 3.63) is 0 Å². The summed E-state index contributed by atoms with van der Waals surface area (Å²) in [6.07, 6.45) is 2.58. The lowest BCUT2D eigenvalue weighted by Gasteiger charge is -1.97. The first kappa shape index (κ1) is 7.92. The van der Waals surface area contributed by atoms with Crippen molar-refractivity contribution in [3.8, 4) is 0 Å². The van der Waals surface area contributed by atoms with Gasteiger partial charge in [0.25, 0.3) is 0 Å². The van der Waals surface area contributed by atoms with Crippen LogP contribution in [0.15, 0.2) is 0 Å². The molecule has 1 unspecified atom stereocenters. The van der Waals surface area contributed by atoms with Gasteiger partial charge in [0.15, 0.2) is 0 Å². The minimum atomic E-state index is 0. The maximum Gasteiger partial charge on any atom is 0.0495 e. The molecule has 0 aromatic rings. The van der Waals surface area contributed by atoms with Gasteiger partial charge >= 0.3 is 0 Å². The zero-order valence-corrected chi connectivity index (χ0v) is 5.31. The Bertz CT molecular complexity index is 48.5. The summed E-state index contributed by atoms with van der Waals surface area (Å²) < 4.78 is 5.15. The number of rotatable bonds is 1. The van der Waals surface area contributed by atoms with Crippen LogP contribution in [0.1, 0.15) is 19.8 Å². The predicted octanol–water partition coefficient (Wildman–Crippen LogP) is 0.608. The van der Waals surface area contributed by atoms with E-state index in [0.29, 0.717) is 0 Å². The van der Waals surface area contributed by atoms with Crippen molar-refractivity contribution in [2.75, 3.05) is 13.2 Å². The Labute approximate surface area is 50.2 Å². The van der Waals surface area contributed by atoms with Crippen LogP contribution in [-0.4, -0.2) is 18.7 Å². The zero-order chi connectivity index (χ0) is 5.11. The van der Waals surface area contributed by atoms with E-state index < -0.39 is 0 Å². The fourth-order valence-electron chi connectivity index (χ4n) is 0.905. The van der Waals surface area contributed by atoms with Crippen LogP contribution >= 0.6 is 0 Å². The first-order valence-corrected chi connectivity index (χ1v) is 3.01. The van der Waals surface area contributed by atoms with Crippen molar-refractivity contribution < 1.29 is 10.2 Å². The van der Waals surface area contributed by atoms with E-state index in [1.54, 1.807) is 0 Å². The van der Waals surface area contributed by atoms with Gasteiger partial charge < -0.3 is 10.2 Å². The van der Waals surface area contributed by atoms with Gasteiger partial charge in [0.1, 0.15) is 0 Å². The van der Waals surface area contributed by atoms with Crippen molar-refractivity contribution in [1.29, 1.82) is 0 Å². The monoisotopic (exact) mass is 118 g/mol. The number of hydrogen-bond acceptors (Lipinski definition) is 1. The highest BCUT2D eigenvalue weighted by Crippen LogP contribution is 2.14. The van der Waals surface area contributed by atoms with Gasteiger partial charge in [0.2, 0.25) is 0 Å². The molecular formula is C6H14O2. The summed E-state index contributed by atoms with van der Waals surface area (Å²) in [5, 5.41) is 0. The van der Waals surface area contributed by atoms with E-state index in [1.165, 1.54) is 12.8 Å². The molecule has 2 heteroatoms. The lowest BCUT2D eigenvalue weighted by Crippen LogP contribution is -1.94. The largest absolute Gasteiger partial charge is 0.412 e. The Morgan fingerprint density at radius 3 is 2.62 bits per heavy atom. The summed E-state index contributed by atoms with van der Waals surface area (Å²) in [6, 6.07) is 0. The van der Waals surface area contributed by atoms with Crippen LogP contribution in [0.25, 0.3) is 0 Å². The molecule has 2 nitrogen and oxygen atoms in total. The van der Waals surface area contributed by atoms with Gasteiger partial charge in [-0.05, 0) is 12.3 Å². The Morgan fingerprint density at radius 1 is 1.62 bits per heavy atom. The normalized spacial score (nSPS) is 27.4. The lowest BCUT2D eigenvalue weighted by molar-refractivity contribution is 0.185. The molecule has 1 heterocycles. The van der Waals surface area contributed by atoms with Gasteiger partial charge in [0, 0.05) is 13.2 Å². The second-order valence-corrected chi connectivity index (χ2v) is 2.14. The minimum Gasteiger partial charge on any atom is -0.412 e. The predicted molar refractivity (Wildman–Crippen MR) is 32.8 cm³/mol. The van der Waals surface area contributed by atoms with E-state index >= 15 is 0 Å². The van der Waals surface area contributed by atoms with E-state index in [0.717, 1.165) is 19.1 Å². The van der Waals surface area contributed by atoms with Gasteiger partial charge in [-0.15, -0.1) is 0 Å². The molecule has 0 spiro atoms. The number of ether oxygens (including phenoxy) is 1. The Morgan fingerprint density at radius 2 is 2.38 bits per heavy atom. The average Bonchev–Trinajstić information content (AvgIpc) is 2.14. The summed E-state index contributed by atoms with van der Waals surface area (Å²) in [5.41, 5.74) is 0. The quantitative estimate of drug-likeness (QED) is 0.497. The molecule has 0 radical (unpaired) electrons. The highest BCUT2D eigenvalue weighted by molar-refractivity contribution is 4.60. The number of hydrogen-bond donors (Lipinski definition) is 0. The van der Waals surface area contributed by atoms with Crippen molar-refractivity contribution in [2.45, 2.75) is 19.8 Å². The molecule has 0 bridgehead atoms. The van der Waals surface area contributed by atoms with E-state index in [1.807, 2.05) is 0 Å². The van der Waals surface area contributed by atoms with Crippen LogP contribution in [0, 0.1) is 5.92 Å². The Kier molecular flexibility index (Phi) is 3.83. The van der Waals surface area contributed by atoms with Gasteiger partial charge in [-0.3, -0.25) is 0 Å². The fraction of sp³-hybridized carbons (Fsp3) is 1.00. The first-order valence-electron chi connectivity index (χ1n) is 3.01. The molecule has 50 valence electrons. The van der Waals surface area contributed by atoms with Crippen LogP contribution in [0.2, 0.25) is 0 Å². The highest BCUT2D eigenvalue weighted by Gasteiger charge is 2.11. The topological polar surface area (TPSA) is 40.7 Å². The third kappa shape index (κ3) is 1.80. The van der Waals surface area contributed by atoms with Crippen LogP contribution in [0.5, 0.6) is 0 Å². The van der Waals surface area contributed by atoms with Crippen molar-refractivity contribution in [3.63, 3.8) is 0 Å². The SMILES string of the molecule is CCC1CCOC1.O. The Hall–Kier alpha value is -0.0800. The van der Waals surface area contributed by atoms with Gasteiger partial charge in [-0.1, -0.05) is 13.3 Å². The summed E-state index contributed by atoms with van der Waals surface area (Å²) in [7, 11) is 0. The van der Waals surface area contributed by atoms with Crippen LogP contribution < -0.4 is 0 Å². The van der Waals surface area contributed by atoms with Crippen molar-refractivity contribution in [2.24, 2.45) is 5.92 Å². The average molecular weight is 118 g/mol. The first-order chi connectivity index (χ1) is 3.43. The molecule has 1 saturated heterocycles. The fourth-order valence-corrected chi connectivity index (χ4v) is 0.905. The van der Waals surface area contributed by atoms with E-state index in [4.69, 9.17) is 4.74 Å². The molecular weight excluding hydrogens is 104 g/mol. The molecule has 8 heavy (non-hydrogen) atoms. The maximum absolute atomic E-state index is 5.15. The van der Waals surface area contributed by atoms with E-state index in [9.17, 15) is 0 Å². The summed E-state index contributed by atoms with van der Waals surface area (Å²) in [4.78, 5) is 0. The smallest absolute Gasteiger partial charge is 0.0495 e. The summed E-state index contributed by atoms with van der Waals surface area (Å²) in [6.45, 7) is 4.23. The van der Waals surface area contributed by atoms with Crippen molar-refractivity contribution in [1.82, 2.24) is 0 Å². The van der Waals surface area contributed by atoms with Crippen LogP contribution in [0.3, 0.4) is 0 Å². The molecule has 0 saturated carbocycles. The van der Waals surface area contributed by atoms with Gasteiger partial charge in [-0.25, -0.2) is 0 Å². The Balaban J connectivity index is 0.000000490. The molecule has 1 rings (SSSR count). The molecule has 1 atom stereocenters. The van der Waals surface area contributed by atoms with E-state index in [2.05, 4.69) is 6.92 Å². The second-order valence-electron chi connectivity index (χ2n) is 2.14. The molecule has 0 aromatic carbocycles. The molecule has 2 N–H and O–H groups in total.